The smallest absolute Gasteiger partial charge is 0.175 e. The van der Waals surface area contributed by atoms with Crippen molar-refractivity contribution in [1.82, 2.24) is 9.36 Å². The zero-order valence-electron chi connectivity index (χ0n) is 8.14. The van der Waals surface area contributed by atoms with E-state index >= 15 is 0 Å². The van der Waals surface area contributed by atoms with Gasteiger partial charge in [-0.15, -0.1) is 11.3 Å². The van der Waals surface area contributed by atoms with E-state index in [9.17, 15) is 0 Å². The second kappa shape index (κ2) is 5.07. The quantitative estimate of drug-likeness (QED) is 0.916. The third-order valence-electron chi connectivity index (χ3n) is 1.75. The van der Waals surface area contributed by atoms with Gasteiger partial charge in [-0.2, -0.15) is 4.37 Å². The van der Waals surface area contributed by atoms with Gasteiger partial charge in [-0.05, 0) is 35.4 Å². The molecule has 0 unspecified atom stereocenters. The molecule has 0 aliphatic carbocycles. The van der Waals surface area contributed by atoms with Crippen molar-refractivity contribution in [1.29, 1.82) is 0 Å². The summed E-state index contributed by atoms with van der Waals surface area (Å²) in [7, 11) is 0. The highest BCUT2D eigenvalue weighted by Crippen LogP contribution is 2.34. The van der Waals surface area contributed by atoms with Crippen LogP contribution in [0.5, 0.6) is 0 Å². The van der Waals surface area contributed by atoms with Gasteiger partial charge in [-0.25, -0.2) is 4.98 Å². The number of rotatable bonds is 4. The second-order valence-electron chi connectivity index (χ2n) is 2.81. The van der Waals surface area contributed by atoms with Crippen LogP contribution in [-0.4, -0.2) is 14.5 Å². The molecule has 0 fully saturated rings. The van der Waals surface area contributed by atoms with Gasteiger partial charge >= 0.3 is 0 Å². The highest BCUT2D eigenvalue weighted by atomic mass is 32.2. The zero-order valence-corrected chi connectivity index (χ0v) is 10.6. The van der Waals surface area contributed by atoms with Gasteiger partial charge in [-0.1, -0.05) is 6.92 Å². The lowest BCUT2D eigenvalue weighted by Gasteiger charge is -1.89. The Morgan fingerprint density at radius 3 is 2.93 bits per heavy atom. The Kier molecular flexibility index (Phi) is 3.74. The van der Waals surface area contributed by atoms with Crippen LogP contribution >= 0.6 is 34.6 Å². The van der Waals surface area contributed by atoms with E-state index in [4.69, 9.17) is 5.11 Å². The number of nitrogens with zero attached hydrogens (tertiary/aromatic N) is 2. The molecule has 0 atom stereocenters. The Hall–Kier alpha value is -0.430. The van der Waals surface area contributed by atoms with E-state index in [0.29, 0.717) is 0 Å². The summed E-state index contributed by atoms with van der Waals surface area (Å²) in [5, 5.41) is 8.93. The standard InChI is InChI=1S/C9H10N2OS3/c1-2-7-10-9(15-11-7)14-8-4-3-6(5-12)13-8/h3-4,12H,2,5H2,1H3. The number of aliphatic hydroxyl groups is 1. The van der Waals surface area contributed by atoms with E-state index < -0.39 is 0 Å². The average molecular weight is 258 g/mol. The van der Waals surface area contributed by atoms with Gasteiger partial charge in [-0.3, -0.25) is 0 Å². The average Bonchev–Trinajstić information content (AvgIpc) is 2.87. The lowest BCUT2D eigenvalue weighted by Crippen LogP contribution is -1.80. The van der Waals surface area contributed by atoms with Crippen LogP contribution in [0.15, 0.2) is 20.7 Å². The number of hydrogen-bond donors (Lipinski definition) is 1. The highest BCUT2D eigenvalue weighted by Gasteiger charge is 2.06. The fraction of sp³-hybridized carbons (Fsp3) is 0.333. The molecule has 2 aromatic heterocycles. The van der Waals surface area contributed by atoms with Crippen molar-refractivity contribution in [2.24, 2.45) is 0 Å². The first-order chi connectivity index (χ1) is 7.31. The first-order valence-electron chi connectivity index (χ1n) is 4.52. The molecule has 80 valence electrons. The Labute approximate surface area is 100 Å². The van der Waals surface area contributed by atoms with E-state index in [-0.39, 0.29) is 6.61 Å². The Bertz CT molecular complexity index is 398. The molecule has 0 amide bonds. The lowest BCUT2D eigenvalue weighted by atomic mass is 10.5. The van der Waals surface area contributed by atoms with Crippen molar-refractivity contribution < 1.29 is 5.11 Å². The SMILES string of the molecule is CCc1nsc(Sc2ccc(CO)s2)n1. The van der Waals surface area contributed by atoms with Crippen LogP contribution in [0.1, 0.15) is 17.6 Å². The second-order valence-corrected chi connectivity index (χ2v) is 6.28. The molecule has 0 aliphatic heterocycles. The summed E-state index contributed by atoms with van der Waals surface area (Å²) in [5.41, 5.74) is 0. The molecule has 2 rings (SSSR count). The molecule has 2 heterocycles. The molecule has 0 bridgehead atoms. The summed E-state index contributed by atoms with van der Waals surface area (Å²) < 4.78 is 6.34. The van der Waals surface area contributed by atoms with E-state index in [1.165, 1.54) is 11.5 Å². The molecule has 0 aromatic carbocycles. The molecular weight excluding hydrogens is 248 g/mol. The maximum atomic E-state index is 8.93. The minimum Gasteiger partial charge on any atom is -0.391 e. The van der Waals surface area contributed by atoms with Crippen LogP contribution in [0, 0.1) is 0 Å². The lowest BCUT2D eigenvalue weighted by molar-refractivity contribution is 0.285. The van der Waals surface area contributed by atoms with Crippen molar-refractivity contribution in [3.63, 3.8) is 0 Å². The number of thiophene rings is 1. The summed E-state index contributed by atoms with van der Waals surface area (Å²) in [6.07, 6.45) is 0.878. The van der Waals surface area contributed by atoms with Gasteiger partial charge in [0.2, 0.25) is 0 Å². The predicted octanol–water partition coefficient (Wildman–Crippen LogP) is 2.81. The van der Waals surface area contributed by atoms with Crippen LogP contribution in [0.2, 0.25) is 0 Å². The van der Waals surface area contributed by atoms with Gasteiger partial charge in [0.1, 0.15) is 5.82 Å². The molecule has 3 nitrogen and oxygen atoms in total. The highest BCUT2D eigenvalue weighted by molar-refractivity contribution is 8.02. The van der Waals surface area contributed by atoms with Crippen LogP contribution in [0.3, 0.4) is 0 Å². The number of aliphatic hydroxyl groups excluding tert-OH is 1. The topological polar surface area (TPSA) is 46.0 Å². The summed E-state index contributed by atoms with van der Waals surface area (Å²) in [4.78, 5) is 5.36. The molecule has 6 heteroatoms. The first kappa shape index (κ1) is 11.1. The molecule has 1 N–H and O–H groups in total. The third-order valence-corrected chi connectivity index (χ3v) is 4.74. The fourth-order valence-electron chi connectivity index (χ4n) is 1.01. The molecular formula is C9H10N2OS3. The molecule has 0 spiro atoms. The van der Waals surface area contributed by atoms with Crippen LogP contribution < -0.4 is 0 Å². The molecule has 2 aromatic rings. The fourth-order valence-corrected chi connectivity index (χ4v) is 3.97. The minimum atomic E-state index is 0.113. The Morgan fingerprint density at radius 1 is 1.47 bits per heavy atom. The maximum absolute atomic E-state index is 8.93. The van der Waals surface area contributed by atoms with Crippen molar-refractivity contribution in [2.75, 3.05) is 0 Å². The largest absolute Gasteiger partial charge is 0.391 e. The van der Waals surface area contributed by atoms with Crippen molar-refractivity contribution in [3.05, 3.63) is 22.8 Å². The van der Waals surface area contributed by atoms with Gasteiger partial charge in [0.25, 0.3) is 0 Å². The molecule has 0 saturated carbocycles. The predicted molar refractivity (Wildman–Crippen MR) is 63.7 cm³/mol. The minimum absolute atomic E-state index is 0.113. The van der Waals surface area contributed by atoms with Crippen LogP contribution in [0.4, 0.5) is 0 Å². The van der Waals surface area contributed by atoms with Crippen LogP contribution in [0.25, 0.3) is 0 Å². The van der Waals surface area contributed by atoms with Crippen molar-refractivity contribution >= 4 is 34.6 Å². The van der Waals surface area contributed by atoms with Crippen molar-refractivity contribution in [3.8, 4) is 0 Å². The molecule has 15 heavy (non-hydrogen) atoms. The monoisotopic (exact) mass is 258 g/mol. The first-order valence-corrected chi connectivity index (χ1v) is 6.92. The van der Waals surface area contributed by atoms with Gasteiger partial charge in [0, 0.05) is 11.3 Å². The van der Waals surface area contributed by atoms with Crippen LogP contribution in [-0.2, 0) is 13.0 Å². The summed E-state index contributed by atoms with van der Waals surface area (Å²) in [6, 6.07) is 3.95. The third kappa shape index (κ3) is 2.78. The Morgan fingerprint density at radius 2 is 2.33 bits per heavy atom. The normalized spacial score (nSPS) is 10.8. The number of hydrogen-bond acceptors (Lipinski definition) is 6. The van der Waals surface area contributed by atoms with E-state index in [0.717, 1.165) is 25.7 Å². The van der Waals surface area contributed by atoms with Gasteiger partial charge < -0.3 is 5.11 Å². The summed E-state index contributed by atoms with van der Waals surface area (Å²) >= 11 is 4.64. The zero-order chi connectivity index (χ0) is 10.7. The Balaban J connectivity index is 2.07. The summed E-state index contributed by atoms with van der Waals surface area (Å²) in [6.45, 7) is 2.16. The maximum Gasteiger partial charge on any atom is 0.175 e. The van der Waals surface area contributed by atoms with E-state index in [1.54, 1.807) is 23.1 Å². The molecule has 0 radical (unpaired) electrons. The van der Waals surface area contributed by atoms with Gasteiger partial charge in [0.15, 0.2) is 4.34 Å². The molecule has 0 aliphatic rings. The summed E-state index contributed by atoms with van der Waals surface area (Å²) in [5.74, 6) is 0.904. The number of aryl methyl sites for hydroxylation is 1. The van der Waals surface area contributed by atoms with E-state index in [1.807, 2.05) is 19.1 Å². The number of aromatic nitrogens is 2. The van der Waals surface area contributed by atoms with Crippen molar-refractivity contribution in [2.45, 2.75) is 28.5 Å². The van der Waals surface area contributed by atoms with E-state index in [2.05, 4.69) is 9.36 Å². The van der Waals surface area contributed by atoms with Gasteiger partial charge in [0.05, 0.1) is 10.8 Å². The molecule has 0 saturated heterocycles.